The van der Waals surface area contributed by atoms with E-state index < -0.39 is 11.9 Å². The monoisotopic (exact) mass is 312 g/mol. The number of carbonyl (C=O) groups excluding carboxylic acids is 2. The van der Waals surface area contributed by atoms with Gasteiger partial charge in [0, 0.05) is 0 Å². The van der Waals surface area contributed by atoms with Crippen LogP contribution in [0, 0.1) is 0 Å². The van der Waals surface area contributed by atoms with E-state index in [0.717, 1.165) is 18.4 Å². The van der Waals surface area contributed by atoms with Crippen LogP contribution in [0.25, 0.3) is 0 Å². The van der Waals surface area contributed by atoms with Gasteiger partial charge < -0.3 is 9.47 Å². The fourth-order valence-electron chi connectivity index (χ4n) is 2.06. The van der Waals surface area contributed by atoms with Crippen molar-refractivity contribution >= 4 is 11.9 Å². The van der Waals surface area contributed by atoms with E-state index in [1.807, 2.05) is 60.7 Å². The number of hydrogen-bond donors (Lipinski definition) is 0. The molecular formula is C19H20O4. The van der Waals surface area contributed by atoms with E-state index in [0.29, 0.717) is 6.61 Å². The molecule has 0 bridgehead atoms. The molecule has 4 heteroatoms. The number of hydrogen-bond acceptors (Lipinski definition) is 4. The molecule has 0 fully saturated rings. The molecule has 0 radical (unpaired) electrons. The third-order valence-electron chi connectivity index (χ3n) is 3.25. The Morgan fingerprint density at radius 3 is 1.96 bits per heavy atom. The lowest BCUT2D eigenvalue weighted by molar-refractivity contribution is -0.155. The highest BCUT2D eigenvalue weighted by atomic mass is 16.6. The Balaban J connectivity index is 1.58. The lowest BCUT2D eigenvalue weighted by Crippen LogP contribution is -2.14. The standard InChI is InChI=1S/C19H20O4/c20-18(22-13-7-12-16-8-3-1-4-9-16)14-19(21)23-15-17-10-5-2-6-11-17/h1-6,8-11H,7,12-15H2. The molecule has 0 spiro atoms. The molecule has 0 saturated heterocycles. The molecule has 4 nitrogen and oxygen atoms in total. The first-order chi connectivity index (χ1) is 11.2. The van der Waals surface area contributed by atoms with Gasteiger partial charge >= 0.3 is 11.9 Å². The van der Waals surface area contributed by atoms with E-state index in [9.17, 15) is 9.59 Å². The molecule has 23 heavy (non-hydrogen) atoms. The second kappa shape index (κ2) is 9.41. The Morgan fingerprint density at radius 2 is 1.30 bits per heavy atom. The molecule has 0 aliphatic heterocycles. The average Bonchev–Trinajstić information content (AvgIpc) is 2.59. The molecule has 0 unspecified atom stereocenters. The first kappa shape index (κ1) is 16.7. The van der Waals surface area contributed by atoms with E-state index >= 15 is 0 Å². The molecule has 0 N–H and O–H groups in total. The molecule has 0 aliphatic rings. The molecule has 0 saturated carbocycles. The van der Waals surface area contributed by atoms with Crippen LogP contribution in [0.2, 0.25) is 0 Å². The van der Waals surface area contributed by atoms with E-state index in [4.69, 9.17) is 9.47 Å². The topological polar surface area (TPSA) is 52.6 Å². The molecular weight excluding hydrogens is 292 g/mol. The Morgan fingerprint density at radius 1 is 0.739 bits per heavy atom. The number of aryl methyl sites for hydroxylation is 1. The highest BCUT2D eigenvalue weighted by Crippen LogP contribution is 2.04. The zero-order valence-corrected chi connectivity index (χ0v) is 12.9. The van der Waals surface area contributed by atoms with Gasteiger partial charge in [-0.25, -0.2) is 0 Å². The van der Waals surface area contributed by atoms with Crippen LogP contribution in [0.4, 0.5) is 0 Å². The van der Waals surface area contributed by atoms with E-state index in [-0.39, 0.29) is 13.0 Å². The van der Waals surface area contributed by atoms with Crippen molar-refractivity contribution in [2.45, 2.75) is 25.9 Å². The smallest absolute Gasteiger partial charge is 0.317 e. The summed E-state index contributed by atoms with van der Waals surface area (Å²) in [5, 5.41) is 0. The van der Waals surface area contributed by atoms with Gasteiger partial charge in [0.25, 0.3) is 0 Å². The van der Waals surface area contributed by atoms with Crippen molar-refractivity contribution in [3.05, 3.63) is 71.8 Å². The average molecular weight is 312 g/mol. The van der Waals surface area contributed by atoms with Crippen LogP contribution in [0.15, 0.2) is 60.7 Å². The third-order valence-corrected chi connectivity index (χ3v) is 3.25. The first-order valence-electron chi connectivity index (χ1n) is 7.63. The minimum atomic E-state index is -0.568. The summed E-state index contributed by atoms with van der Waals surface area (Å²) >= 11 is 0. The second-order valence-corrected chi connectivity index (χ2v) is 5.13. The zero-order chi connectivity index (χ0) is 16.3. The van der Waals surface area contributed by atoms with Crippen molar-refractivity contribution in [2.24, 2.45) is 0 Å². The molecule has 0 aliphatic carbocycles. The van der Waals surface area contributed by atoms with Crippen LogP contribution in [0.5, 0.6) is 0 Å². The molecule has 0 heterocycles. The fraction of sp³-hybridized carbons (Fsp3) is 0.263. The lowest BCUT2D eigenvalue weighted by atomic mass is 10.1. The van der Waals surface area contributed by atoms with E-state index in [2.05, 4.69) is 0 Å². The lowest BCUT2D eigenvalue weighted by Gasteiger charge is -2.06. The third kappa shape index (κ3) is 6.78. The molecule has 0 aromatic heterocycles. The van der Waals surface area contributed by atoms with Crippen LogP contribution in [-0.2, 0) is 32.1 Å². The van der Waals surface area contributed by atoms with Gasteiger partial charge in [-0.3, -0.25) is 9.59 Å². The summed E-state index contributed by atoms with van der Waals surface area (Å²) in [4.78, 5) is 23.1. The molecule has 0 amide bonds. The Bertz CT molecular complexity index is 608. The number of esters is 2. The van der Waals surface area contributed by atoms with Crippen molar-refractivity contribution in [1.29, 1.82) is 0 Å². The summed E-state index contributed by atoms with van der Waals surface area (Å²) in [6, 6.07) is 19.3. The maximum absolute atomic E-state index is 11.6. The zero-order valence-electron chi connectivity index (χ0n) is 12.9. The van der Waals surface area contributed by atoms with Crippen molar-refractivity contribution in [3.63, 3.8) is 0 Å². The number of ether oxygens (including phenoxy) is 2. The number of carbonyl (C=O) groups is 2. The summed E-state index contributed by atoms with van der Waals surface area (Å²) in [6.07, 6.45) is 1.22. The number of benzene rings is 2. The Hall–Kier alpha value is -2.62. The first-order valence-corrected chi connectivity index (χ1v) is 7.63. The number of rotatable bonds is 8. The van der Waals surface area contributed by atoms with Crippen molar-refractivity contribution < 1.29 is 19.1 Å². The highest BCUT2D eigenvalue weighted by molar-refractivity contribution is 5.91. The van der Waals surface area contributed by atoms with Gasteiger partial charge in [0.1, 0.15) is 13.0 Å². The van der Waals surface area contributed by atoms with Gasteiger partial charge in [-0.05, 0) is 24.0 Å². The SMILES string of the molecule is O=C(CC(=O)OCc1ccccc1)OCCCc1ccccc1. The van der Waals surface area contributed by atoms with Crippen molar-refractivity contribution in [2.75, 3.05) is 6.61 Å². The molecule has 2 aromatic rings. The molecule has 120 valence electrons. The molecule has 2 rings (SSSR count). The summed E-state index contributed by atoms with van der Waals surface area (Å²) in [6.45, 7) is 0.473. The van der Waals surface area contributed by atoms with Crippen LogP contribution in [-0.4, -0.2) is 18.5 Å². The Labute approximate surface area is 136 Å². The minimum Gasteiger partial charge on any atom is -0.465 e. The van der Waals surface area contributed by atoms with E-state index in [1.165, 1.54) is 5.56 Å². The summed E-state index contributed by atoms with van der Waals surface area (Å²) < 4.78 is 10.1. The maximum atomic E-state index is 11.6. The highest BCUT2D eigenvalue weighted by Gasteiger charge is 2.12. The van der Waals surface area contributed by atoms with Crippen molar-refractivity contribution in [3.8, 4) is 0 Å². The van der Waals surface area contributed by atoms with Crippen LogP contribution in [0.3, 0.4) is 0 Å². The Kier molecular flexibility index (Phi) is 6.85. The summed E-state index contributed by atoms with van der Waals surface area (Å²) in [5.74, 6) is -1.11. The maximum Gasteiger partial charge on any atom is 0.317 e. The summed E-state index contributed by atoms with van der Waals surface area (Å²) in [7, 11) is 0. The van der Waals surface area contributed by atoms with Gasteiger partial charge in [-0.1, -0.05) is 60.7 Å². The normalized spacial score (nSPS) is 10.1. The van der Waals surface area contributed by atoms with Crippen LogP contribution in [0.1, 0.15) is 24.0 Å². The van der Waals surface area contributed by atoms with E-state index in [1.54, 1.807) is 0 Å². The minimum absolute atomic E-state index is 0.168. The van der Waals surface area contributed by atoms with Gasteiger partial charge in [0.15, 0.2) is 0 Å². The molecule has 2 aromatic carbocycles. The molecule has 0 atom stereocenters. The largest absolute Gasteiger partial charge is 0.465 e. The van der Waals surface area contributed by atoms with Gasteiger partial charge in [-0.2, -0.15) is 0 Å². The van der Waals surface area contributed by atoms with Crippen LogP contribution < -0.4 is 0 Å². The van der Waals surface area contributed by atoms with Crippen molar-refractivity contribution in [1.82, 2.24) is 0 Å². The predicted octanol–water partition coefficient (Wildman–Crippen LogP) is 3.30. The van der Waals surface area contributed by atoms with Gasteiger partial charge in [-0.15, -0.1) is 0 Å². The predicted molar refractivity (Wildman–Crippen MR) is 86.6 cm³/mol. The fourth-order valence-corrected chi connectivity index (χ4v) is 2.06. The second-order valence-electron chi connectivity index (χ2n) is 5.13. The van der Waals surface area contributed by atoms with Crippen LogP contribution >= 0.6 is 0 Å². The summed E-state index contributed by atoms with van der Waals surface area (Å²) in [5.41, 5.74) is 2.09. The van der Waals surface area contributed by atoms with Gasteiger partial charge in [0.2, 0.25) is 0 Å². The van der Waals surface area contributed by atoms with Gasteiger partial charge in [0.05, 0.1) is 6.61 Å². The quantitative estimate of drug-likeness (QED) is 0.426.